The highest BCUT2D eigenvalue weighted by Crippen LogP contribution is 2.25. The van der Waals surface area contributed by atoms with Crippen molar-refractivity contribution in [3.05, 3.63) is 30.1 Å². The lowest BCUT2D eigenvalue weighted by molar-refractivity contribution is -0.123. The molecule has 0 bridgehead atoms. The number of aromatic amines is 1. The fraction of sp³-hybridized carbons (Fsp3) is 0.385. The Bertz CT molecular complexity index is 617. The summed E-state index contributed by atoms with van der Waals surface area (Å²) in [5, 5.41) is 5.13. The molecule has 122 valence electrons. The maximum absolute atomic E-state index is 13.0. The first-order chi connectivity index (χ1) is 9.53. The van der Waals surface area contributed by atoms with E-state index in [-0.39, 0.29) is 31.4 Å². The van der Waals surface area contributed by atoms with E-state index in [1.165, 1.54) is 0 Å². The molecule has 0 aliphatic carbocycles. The fourth-order valence-corrected chi connectivity index (χ4v) is 2.28. The van der Waals surface area contributed by atoms with Crippen LogP contribution in [0, 0.1) is 0 Å². The summed E-state index contributed by atoms with van der Waals surface area (Å²) in [6.45, 7) is -0.257. The van der Waals surface area contributed by atoms with Gasteiger partial charge in [0.05, 0.1) is 30.2 Å². The van der Waals surface area contributed by atoms with Gasteiger partial charge in [0.25, 0.3) is 5.92 Å². The van der Waals surface area contributed by atoms with Gasteiger partial charge in [-0.2, -0.15) is 0 Å². The third kappa shape index (κ3) is 4.06. The molecular weight excluding hydrogens is 337 g/mol. The quantitative estimate of drug-likeness (QED) is 0.791. The molecule has 5 nitrogen and oxygen atoms in total. The Kier molecular flexibility index (Phi) is 6.10. The number of nitrogens with zero attached hydrogens (tertiary/aromatic N) is 1. The number of hydrogen-bond donors (Lipinski definition) is 3. The molecule has 9 heteroatoms. The smallest absolute Gasteiger partial charge is 0.262 e. The van der Waals surface area contributed by atoms with Crippen molar-refractivity contribution >= 4 is 41.8 Å². The van der Waals surface area contributed by atoms with Gasteiger partial charge in [-0.05, 0) is 12.1 Å². The lowest BCUT2D eigenvalue weighted by Crippen LogP contribution is -2.40. The van der Waals surface area contributed by atoms with Crippen LogP contribution in [0.5, 0.6) is 0 Å². The zero-order valence-corrected chi connectivity index (χ0v) is 13.1. The molecule has 1 aliphatic heterocycles. The van der Waals surface area contributed by atoms with Gasteiger partial charge >= 0.3 is 0 Å². The Hall–Kier alpha value is -1.44. The maximum Gasteiger partial charge on any atom is 0.262 e. The van der Waals surface area contributed by atoms with E-state index in [0.717, 1.165) is 11.0 Å². The second kappa shape index (κ2) is 7.21. The molecule has 2 aromatic rings. The molecule has 1 unspecified atom stereocenters. The van der Waals surface area contributed by atoms with Crippen LogP contribution in [0.4, 0.5) is 8.78 Å². The number of amides is 1. The van der Waals surface area contributed by atoms with Crippen LogP contribution in [0.3, 0.4) is 0 Å². The lowest BCUT2D eigenvalue weighted by Gasteiger charge is -2.10. The highest BCUT2D eigenvalue weighted by atomic mass is 35.5. The first-order valence-corrected chi connectivity index (χ1v) is 6.36. The summed E-state index contributed by atoms with van der Waals surface area (Å²) in [6, 6.07) is 6.65. The zero-order valence-electron chi connectivity index (χ0n) is 11.4. The molecule has 22 heavy (non-hydrogen) atoms. The summed E-state index contributed by atoms with van der Waals surface area (Å²) >= 11 is 0. The van der Waals surface area contributed by atoms with Crippen LogP contribution >= 0.6 is 24.8 Å². The van der Waals surface area contributed by atoms with Crippen molar-refractivity contribution in [3.63, 3.8) is 0 Å². The topological polar surface area (TPSA) is 69.8 Å². The predicted molar refractivity (Wildman–Crippen MR) is 83.8 cm³/mol. The van der Waals surface area contributed by atoms with Gasteiger partial charge in [-0.25, -0.2) is 13.8 Å². The molecule has 2 heterocycles. The predicted octanol–water partition coefficient (Wildman–Crippen LogP) is 2.02. The number of benzene rings is 1. The standard InChI is InChI=1S/C13H14F2N4O.2ClH/c14-13(15)5-10(17-7-13)12(20)16-6-11-18-8-3-1-2-4-9(8)19-11;;/h1-4,10,17H,5-7H2,(H,16,20)(H,18,19);2*1H. The molecule has 1 fully saturated rings. The van der Waals surface area contributed by atoms with Crippen LogP contribution in [0.15, 0.2) is 24.3 Å². The molecule has 3 N–H and O–H groups in total. The van der Waals surface area contributed by atoms with Crippen molar-refractivity contribution in [1.29, 1.82) is 0 Å². The average Bonchev–Trinajstić information content (AvgIpc) is 2.98. The minimum absolute atomic E-state index is 0. The molecule has 1 aromatic carbocycles. The molecule has 1 amide bonds. The van der Waals surface area contributed by atoms with E-state index in [2.05, 4.69) is 20.6 Å². The number of halogens is 4. The highest BCUT2D eigenvalue weighted by Gasteiger charge is 2.42. The van der Waals surface area contributed by atoms with E-state index < -0.39 is 30.8 Å². The summed E-state index contributed by atoms with van der Waals surface area (Å²) in [5.74, 6) is -2.63. The molecule has 1 atom stereocenters. The number of fused-ring (bicyclic) bond motifs is 1. The van der Waals surface area contributed by atoms with Crippen molar-refractivity contribution in [2.24, 2.45) is 0 Å². The summed E-state index contributed by atoms with van der Waals surface area (Å²) < 4.78 is 26.0. The normalized spacial score (nSPS) is 19.3. The zero-order chi connectivity index (χ0) is 14.2. The molecule has 1 saturated heterocycles. The fourth-order valence-electron chi connectivity index (χ4n) is 2.28. The number of rotatable bonds is 3. The van der Waals surface area contributed by atoms with Gasteiger partial charge < -0.3 is 10.3 Å². The van der Waals surface area contributed by atoms with Gasteiger partial charge in [-0.1, -0.05) is 12.1 Å². The maximum atomic E-state index is 13.0. The highest BCUT2D eigenvalue weighted by molar-refractivity contribution is 5.85. The van der Waals surface area contributed by atoms with E-state index in [1.807, 2.05) is 24.3 Å². The molecule has 1 aliphatic rings. The third-order valence-corrected chi connectivity index (χ3v) is 3.29. The van der Waals surface area contributed by atoms with Crippen molar-refractivity contribution < 1.29 is 13.6 Å². The number of para-hydroxylation sites is 2. The second-order valence-corrected chi connectivity index (χ2v) is 4.91. The molecule has 0 spiro atoms. The summed E-state index contributed by atoms with van der Waals surface area (Å²) in [5.41, 5.74) is 1.68. The van der Waals surface area contributed by atoms with Gasteiger partial charge in [0.2, 0.25) is 5.91 Å². The molecular formula is C13H16Cl2F2N4O. The molecule has 0 radical (unpaired) electrons. The Morgan fingerprint density at radius 3 is 2.73 bits per heavy atom. The third-order valence-electron chi connectivity index (χ3n) is 3.29. The van der Waals surface area contributed by atoms with Crippen LogP contribution in [0.2, 0.25) is 0 Å². The van der Waals surface area contributed by atoms with Gasteiger partial charge in [0.15, 0.2) is 0 Å². The minimum atomic E-state index is -2.80. The molecule has 0 saturated carbocycles. The summed E-state index contributed by atoms with van der Waals surface area (Å²) in [4.78, 5) is 19.1. The Morgan fingerprint density at radius 1 is 1.36 bits per heavy atom. The number of imidazole rings is 1. The number of carbonyl (C=O) groups excluding carboxylic acids is 1. The number of carbonyl (C=O) groups is 1. The van der Waals surface area contributed by atoms with E-state index in [9.17, 15) is 13.6 Å². The number of hydrogen-bond acceptors (Lipinski definition) is 3. The Labute approximate surface area is 138 Å². The number of H-pyrrole nitrogens is 1. The largest absolute Gasteiger partial charge is 0.348 e. The lowest BCUT2D eigenvalue weighted by atomic mass is 10.2. The summed E-state index contributed by atoms with van der Waals surface area (Å²) in [7, 11) is 0. The summed E-state index contributed by atoms with van der Waals surface area (Å²) in [6.07, 6.45) is -0.459. The van der Waals surface area contributed by atoms with E-state index in [0.29, 0.717) is 5.82 Å². The van der Waals surface area contributed by atoms with Crippen molar-refractivity contribution in [2.75, 3.05) is 6.54 Å². The van der Waals surface area contributed by atoms with Crippen LogP contribution < -0.4 is 10.6 Å². The van der Waals surface area contributed by atoms with Crippen molar-refractivity contribution in [2.45, 2.75) is 24.9 Å². The molecule has 3 rings (SSSR count). The van der Waals surface area contributed by atoms with Gasteiger partial charge in [0, 0.05) is 6.42 Å². The Balaban J connectivity index is 0.00000121. The van der Waals surface area contributed by atoms with Crippen LogP contribution in [-0.2, 0) is 11.3 Å². The number of alkyl halides is 2. The van der Waals surface area contributed by atoms with Gasteiger partial charge in [0.1, 0.15) is 5.82 Å². The van der Waals surface area contributed by atoms with Crippen LogP contribution in [0.25, 0.3) is 11.0 Å². The van der Waals surface area contributed by atoms with Crippen molar-refractivity contribution in [1.82, 2.24) is 20.6 Å². The van der Waals surface area contributed by atoms with Crippen LogP contribution in [-0.4, -0.2) is 34.4 Å². The monoisotopic (exact) mass is 352 g/mol. The first kappa shape index (κ1) is 18.6. The SMILES string of the molecule is Cl.Cl.O=C(NCc1nc2ccccc2[nH]1)C1CC(F)(F)CN1. The van der Waals surface area contributed by atoms with Crippen molar-refractivity contribution in [3.8, 4) is 0 Å². The average molecular weight is 353 g/mol. The van der Waals surface area contributed by atoms with E-state index in [1.54, 1.807) is 0 Å². The van der Waals surface area contributed by atoms with Crippen LogP contribution in [0.1, 0.15) is 12.2 Å². The Morgan fingerprint density at radius 2 is 2.09 bits per heavy atom. The number of aromatic nitrogens is 2. The number of nitrogens with one attached hydrogen (secondary N) is 3. The minimum Gasteiger partial charge on any atom is -0.348 e. The van der Waals surface area contributed by atoms with Gasteiger partial charge in [-0.3, -0.25) is 10.1 Å². The van der Waals surface area contributed by atoms with Gasteiger partial charge in [-0.15, -0.1) is 24.8 Å². The van der Waals surface area contributed by atoms with E-state index >= 15 is 0 Å². The van der Waals surface area contributed by atoms with E-state index in [4.69, 9.17) is 0 Å². The first-order valence-electron chi connectivity index (χ1n) is 6.36. The second-order valence-electron chi connectivity index (χ2n) is 4.91. The molecule has 1 aromatic heterocycles.